The Kier molecular flexibility index (Phi) is 4.09. The molecule has 0 atom stereocenters. The summed E-state index contributed by atoms with van der Waals surface area (Å²) in [7, 11) is 1.61. The van der Waals surface area contributed by atoms with E-state index in [9.17, 15) is 9.59 Å². The van der Waals surface area contributed by atoms with E-state index < -0.39 is 5.97 Å². The van der Waals surface area contributed by atoms with E-state index in [1.54, 1.807) is 18.5 Å². The summed E-state index contributed by atoms with van der Waals surface area (Å²) in [6, 6.07) is 4.69. The number of carbonyl (C=O) groups is 2. The van der Waals surface area contributed by atoms with Crippen molar-refractivity contribution in [1.82, 2.24) is 4.90 Å². The lowest BCUT2D eigenvalue weighted by Crippen LogP contribution is -2.30. The number of amides is 2. The van der Waals surface area contributed by atoms with Gasteiger partial charge in [0.25, 0.3) is 0 Å². The Balaban J connectivity index is 2.00. The van der Waals surface area contributed by atoms with Gasteiger partial charge in [0.15, 0.2) is 0 Å². The first kappa shape index (κ1) is 14.1. The third kappa shape index (κ3) is 3.18. The molecule has 2 N–H and O–H groups in total. The Hall–Kier alpha value is -2.28. The lowest BCUT2D eigenvalue weighted by atomic mass is 10.3. The largest absolute Gasteiger partial charge is 0.478 e. The molecule has 0 saturated carbocycles. The normalized spacial score (nSPS) is 10.3. The van der Waals surface area contributed by atoms with Crippen molar-refractivity contribution in [2.24, 2.45) is 0 Å². The Morgan fingerprint density at radius 1 is 1.40 bits per heavy atom. The molecule has 20 heavy (non-hydrogen) atoms. The molecule has 6 nitrogen and oxygen atoms in total. The van der Waals surface area contributed by atoms with Crippen LogP contribution in [0.15, 0.2) is 28.0 Å². The van der Waals surface area contributed by atoms with E-state index in [-0.39, 0.29) is 11.6 Å². The van der Waals surface area contributed by atoms with E-state index >= 15 is 0 Å². The number of hydrogen-bond donors (Lipinski definition) is 2. The number of hydrogen-bond acceptors (Lipinski definition) is 4. The Bertz CT molecular complexity index is 632. The minimum absolute atomic E-state index is 0.0885. The van der Waals surface area contributed by atoms with Crippen molar-refractivity contribution in [3.8, 4) is 0 Å². The number of furan rings is 1. The SMILES string of the molecule is Cc1ccc(CN(C)C(=O)Nc2sccc2C(=O)O)o1. The molecule has 0 fully saturated rings. The van der Waals surface area contributed by atoms with Gasteiger partial charge in [-0.3, -0.25) is 5.32 Å². The molecule has 0 aliphatic rings. The van der Waals surface area contributed by atoms with Gasteiger partial charge in [-0.05, 0) is 30.5 Å². The third-order valence-corrected chi connectivity index (χ3v) is 3.48. The third-order valence-electron chi connectivity index (χ3n) is 2.65. The van der Waals surface area contributed by atoms with Crippen LogP contribution in [-0.4, -0.2) is 29.1 Å². The second-order valence-electron chi connectivity index (χ2n) is 4.27. The highest BCUT2D eigenvalue weighted by Gasteiger charge is 2.16. The van der Waals surface area contributed by atoms with Crippen molar-refractivity contribution in [3.05, 3.63) is 40.7 Å². The Labute approximate surface area is 119 Å². The molecule has 0 spiro atoms. The van der Waals surface area contributed by atoms with Gasteiger partial charge in [0.2, 0.25) is 0 Å². The first-order chi connectivity index (χ1) is 9.47. The molecule has 0 unspecified atom stereocenters. The summed E-state index contributed by atoms with van der Waals surface area (Å²) in [5, 5.41) is 13.5. The summed E-state index contributed by atoms with van der Waals surface area (Å²) >= 11 is 1.17. The molecule has 0 aliphatic carbocycles. The number of anilines is 1. The standard InChI is InChI=1S/C13H14N2O4S/c1-8-3-4-9(19-8)7-15(2)13(18)14-11-10(12(16)17)5-6-20-11/h3-6H,7H2,1-2H3,(H,14,18)(H,16,17). The minimum Gasteiger partial charge on any atom is -0.478 e. The van der Waals surface area contributed by atoms with Crippen LogP contribution in [0, 0.1) is 6.92 Å². The van der Waals surface area contributed by atoms with E-state index in [0.29, 0.717) is 17.3 Å². The fourth-order valence-electron chi connectivity index (χ4n) is 1.64. The fraction of sp³-hybridized carbons (Fsp3) is 0.231. The van der Waals surface area contributed by atoms with E-state index in [2.05, 4.69) is 5.32 Å². The van der Waals surface area contributed by atoms with Crippen molar-refractivity contribution in [2.45, 2.75) is 13.5 Å². The van der Waals surface area contributed by atoms with Crippen molar-refractivity contribution >= 4 is 28.3 Å². The summed E-state index contributed by atoms with van der Waals surface area (Å²) in [5.74, 6) is 0.385. The molecular weight excluding hydrogens is 280 g/mol. The number of thiophene rings is 1. The molecule has 0 saturated heterocycles. The van der Waals surface area contributed by atoms with Crippen LogP contribution in [0.3, 0.4) is 0 Å². The van der Waals surface area contributed by atoms with Crippen LogP contribution in [0.4, 0.5) is 9.80 Å². The number of carboxylic acids is 1. The minimum atomic E-state index is -1.06. The first-order valence-electron chi connectivity index (χ1n) is 5.85. The number of urea groups is 1. The van der Waals surface area contributed by atoms with Gasteiger partial charge < -0.3 is 14.4 Å². The van der Waals surface area contributed by atoms with Gasteiger partial charge >= 0.3 is 12.0 Å². The molecule has 2 aromatic heterocycles. The molecule has 106 valence electrons. The van der Waals surface area contributed by atoms with Crippen molar-refractivity contribution in [1.29, 1.82) is 0 Å². The number of carboxylic acid groups (broad SMARTS) is 1. The molecular formula is C13H14N2O4S. The zero-order chi connectivity index (χ0) is 14.7. The smallest absolute Gasteiger partial charge is 0.338 e. The van der Waals surface area contributed by atoms with Gasteiger partial charge in [0.1, 0.15) is 16.5 Å². The fourth-order valence-corrected chi connectivity index (χ4v) is 2.41. The average Bonchev–Trinajstić information content (AvgIpc) is 2.98. The lowest BCUT2D eigenvalue weighted by Gasteiger charge is -2.16. The van der Waals surface area contributed by atoms with Gasteiger partial charge in [-0.1, -0.05) is 0 Å². The number of rotatable bonds is 4. The van der Waals surface area contributed by atoms with Gasteiger partial charge in [0, 0.05) is 7.05 Å². The second kappa shape index (κ2) is 5.79. The molecule has 0 radical (unpaired) electrons. The van der Waals surface area contributed by atoms with Crippen LogP contribution in [0.1, 0.15) is 21.9 Å². The molecule has 2 aromatic rings. The number of nitrogens with one attached hydrogen (secondary N) is 1. The molecule has 2 amide bonds. The van der Waals surface area contributed by atoms with Crippen LogP contribution in [-0.2, 0) is 6.54 Å². The zero-order valence-corrected chi connectivity index (χ0v) is 11.9. The second-order valence-corrected chi connectivity index (χ2v) is 5.18. The number of carbonyl (C=O) groups excluding carboxylic acids is 1. The van der Waals surface area contributed by atoms with Gasteiger partial charge in [-0.2, -0.15) is 0 Å². The van der Waals surface area contributed by atoms with E-state index in [1.807, 2.05) is 13.0 Å². The molecule has 2 rings (SSSR count). The predicted octanol–water partition coefficient (Wildman–Crippen LogP) is 3.01. The van der Waals surface area contributed by atoms with Crippen LogP contribution in [0.5, 0.6) is 0 Å². The van der Waals surface area contributed by atoms with Crippen LogP contribution < -0.4 is 5.32 Å². The predicted molar refractivity (Wildman–Crippen MR) is 75.2 cm³/mol. The highest BCUT2D eigenvalue weighted by molar-refractivity contribution is 7.14. The van der Waals surface area contributed by atoms with Crippen LogP contribution in [0.25, 0.3) is 0 Å². The van der Waals surface area contributed by atoms with Gasteiger partial charge in [-0.25, -0.2) is 9.59 Å². The highest BCUT2D eigenvalue weighted by atomic mass is 32.1. The number of aromatic carboxylic acids is 1. The van der Waals surface area contributed by atoms with Crippen LogP contribution >= 0.6 is 11.3 Å². The monoisotopic (exact) mass is 294 g/mol. The number of nitrogens with zero attached hydrogens (tertiary/aromatic N) is 1. The quantitative estimate of drug-likeness (QED) is 0.908. The summed E-state index contributed by atoms with van der Waals surface area (Å²) in [5.41, 5.74) is 0.0885. The topological polar surface area (TPSA) is 82.8 Å². The lowest BCUT2D eigenvalue weighted by molar-refractivity contribution is 0.0698. The van der Waals surface area contributed by atoms with Crippen LogP contribution in [0.2, 0.25) is 0 Å². The molecule has 0 aliphatic heterocycles. The number of aryl methyl sites for hydroxylation is 1. The summed E-state index contributed by atoms with van der Waals surface area (Å²) < 4.78 is 5.39. The van der Waals surface area contributed by atoms with E-state index in [1.165, 1.54) is 22.3 Å². The summed E-state index contributed by atoms with van der Waals surface area (Å²) in [6.07, 6.45) is 0. The first-order valence-corrected chi connectivity index (χ1v) is 6.73. The van der Waals surface area contributed by atoms with Crippen molar-refractivity contribution < 1.29 is 19.1 Å². The Morgan fingerprint density at radius 2 is 2.15 bits per heavy atom. The van der Waals surface area contributed by atoms with Crippen molar-refractivity contribution in [3.63, 3.8) is 0 Å². The molecule has 7 heteroatoms. The highest BCUT2D eigenvalue weighted by Crippen LogP contribution is 2.23. The average molecular weight is 294 g/mol. The molecule has 0 aromatic carbocycles. The maximum atomic E-state index is 12.0. The maximum Gasteiger partial charge on any atom is 0.338 e. The Morgan fingerprint density at radius 3 is 2.75 bits per heavy atom. The van der Waals surface area contributed by atoms with Gasteiger partial charge in [0.05, 0.1) is 12.1 Å². The summed E-state index contributed by atoms with van der Waals surface area (Å²) in [4.78, 5) is 24.4. The maximum absolute atomic E-state index is 12.0. The molecule has 0 bridgehead atoms. The molecule has 2 heterocycles. The van der Waals surface area contributed by atoms with Gasteiger partial charge in [-0.15, -0.1) is 11.3 Å². The van der Waals surface area contributed by atoms with E-state index in [0.717, 1.165) is 5.76 Å². The van der Waals surface area contributed by atoms with E-state index in [4.69, 9.17) is 9.52 Å². The zero-order valence-electron chi connectivity index (χ0n) is 11.0. The summed E-state index contributed by atoms with van der Waals surface area (Å²) in [6.45, 7) is 2.14. The van der Waals surface area contributed by atoms with Crippen molar-refractivity contribution in [2.75, 3.05) is 12.4 Å².